The second-order valence-corrected chi connectivity index (χ2v) is 8.15. The zero-order valence-corrected chi connectivity index (χ0v) is 19.3. The van der Waals surface area contributed by atoms with Crippen LogP contribution in [0.2, 0.25) is 0 Å². The second-order valence-electron chi connectivity index (χ2n) is 8.15. The molecule has 1 aromatic heterocycles. The molecule has 0 saturated carbocycles. The summed E-state index contributed by atoms with van der Waals surface area (Å²) in [6, 6.07) is 13.7. The van der Waals surface area contributed by atoms with Crippen molar-refractivity contribution in [3.8, 4) is 5.75 Å². The van der Waals surface area contributed by atoms with E-state index >= 15 is 0 Å². The van der Waals surface area contributed by atoms with Crippen LogP contribution in [0.4, 0.5) is 4.79 Å². The minimum Gasteiger partial charge on any atom is -0.489 e. The number of amides is 5. The number of hydrogen-bond acceptors (Lipinski definition) is 6. The van der Waals surface area contributed by atoms with Crippen molar-refractivity contribution in [1.82, 2.24) is 26.3 Å². The first-order valence-electron chi connectivity index (χ1n) is 11.0. The molecule has 2 unspecified atom stereocenters. The molecule has 180 valence electrons. The van der Waals surface area contributed by atoms with Crippen molar-refractivity contribution in [2.24, 2.45) is 0 Å². The first-order valence-corrected chi connectivity index (χ1v) is 11.0. The summed E-state index contributed by atoms with van der Waals surface area (Å²) in [5.74, 6) is -0.904. The smallest absolute Gasteiger partial charge is 0.322 e. The number of urea groups is 1. The minimum atomic E-state index is -1.05. The summed E-state index contributed by atoms with van der Waals surface area (Å²) in [4.78, 5) is 52.8. The molecule has 4 rings (SSSR count). The van der Waals surface area contributed by atoms with Crippen molar-refractivity contribution < 1.29 is 23.9 Å². The number of hydrogen-bond donors (Lipinski definition) is 4. The topological polar surface area (TPSA) is 139 Å². The quantitative estimate of drug-likeness (QED) is 0.365. The Labute approximate surface area is 201 Å². The monoisotopic (exact) mass is 475 g/mol. The standard InChI is InChI=1S/C25H25N5O5/c1-14-11-16(18-5-3-4-6-19(18)27-14)13-35-17-9-7-15(8-10-17)23(32)28-20(12-21(31)26-2)22-24(33)30-25(34)29-22/h3-11,20,22H,12-13H2,1-2H3,(H,26,31)(H,28,32)(H2,29,30,33,34). The van der Waals surface area contributed by atoms with Crippen LogP contribution in [-0.4, -0.2) is 47.9 Å². The van der Waals surface area contributed by atoms with Crippen LogP contribution in [-0.2, 0) is 16.2 Å². The SMILES string of the molecule is CNC(=O)CC(NC(=O)c1ccc(OCc2cc(C)nc3ccccc23)cc1)C1NC(=O)NC1=O. The highest BCUT2D eigenvalue weighted by atomic mass is 16.5. The number of carbonyl (C=O) groups is 4. The fraction of sp³-hybridized carbons (Fsp3) is 0.240. The third-order valence-corrected chi connectivity index (χ3v) is 5.65. The number of carbonyl (C=O) groups excluding carboxylic acids is 4. The lowest BCUT2D eigenvalue weighted by atomic mass is 10.0. The van der Waals surface area contributed by atoms with E-state index in [4.69, 9.17) is 4.74 Å². The average molecular weight is 476 g/mol. The van der Waals surface area contributed by atoms with E-state index in [1.165, 1.54) is 7.05 Å². The van der Waals surface area contributed by atoms with Crippen LogP contribution >= 0.6 is 0 Å². The molecule has 1 saturated heterocycles. The van der Waals surface area contributed by atoms with Crippen LogP contribution in [0, 0.1) is 6.92 Å². The lowest BCUT2D eigenvalue weighted by Gasteiger charge is -2.22. The molecule has 0 radical (unpaired) electrons. The van der Waals surface area contributed by atoms with Crippen molar-refractivity contribution in [1.29, 1.82) is 0 Å². The van der Waals surface area contributed by atoms with Gasteiger partial charge in [-0.2, -0.15) is 0 Å². The summed E-state index contributed by atoms with van der Waals surface area (Å²) < 4.78 is 5.93. The first kappa shape index (κ1) is 23.7. The van der Waals surface area contributed by atoms with E-state index < -0.39 is 29.9 Å². The van der Waals surface area contributed by atoms with Gasteiger partial charge in [0.1, 0.15) is 18.4 Å². The molecule has 0 aliphatic carbocycles. The van der Waals surface area contributed by atoms with E-state index in [1.54, 1.807) is 24.3 Å². The van der Waals surface area contributed by atoms with Gasteiger partial charge in [0.15, 0.2) is 0 Å². The number of ether oxygens (including phenoxy) is 1. The Balaban J connectivity index is 1.43. The van der Waals surface area contributed by atoms with Crippen LogP contribution in [0.1, 0.15) is 28.0 Å². The van der Waals surface area contributed by atoms with Crippen LogP contribution in [0.5, 0.6) is 5.75 Å². The molecule has 0 spiro atoms. The zero-order valence-electron chi connectivity index (χ0n) is 19.3. The van der Waals surface area contributed by atoms with Gasteiger partial charge in [-0.15, -0.1) is 0 Å². The Morgan fingerprint density at radius 1 is 1.11 bits per heavy atom. The maximum atomic E-state index is 12.8. The molecule has 3 aromatic rings. The number of rotatable bonds is 8. The first-order chi connectivity index (χ1) is 16.8. The Kier molecular flexibility index (Phi) is 6.91. The van der Waals surface area contributed by atoms with Crippen molar-refractivity contribution in [3.63, 3.8) is 0 Å². The number of benzene rings is 2. The van der Waals surface area contributed by atoms with E-state index in [1.807, 2.05) is 37.3 Å². The predicted molar refractivity (Wildman–Crippen MR) is 128 cm³/mol. The molecule has 4 N–H and O–H groups in total. The number of nitrogens with one attached hydrogen (secondary N) is 4. The largest absolute Gasteiger partial charge is 0.489 e. The highest BCUT2D eigenvalue weighted by molar-refractivity contribution is 6.05. The number of para-hydroxylation sites is 1. The van der Waals surface area contributed by atoms with Gasteiger partial charge < -0.3 is 20.7 Å². The molecule has 10 heteroatoms. The number of pyridine rings is 1. The highest BCUT2D eigenvalue weighted by Crippen LogP contribution is 2.21. The number of imide groups is 1. The van der Waals surface area contributed by atoms with Gasteiger partial charge in [0.05, 0.1) is 11.6 Å². The number of aromatic nitrogens is 1. The van der Waals surface area contributed by atoms with E-state index in [2.05, 4.69) is 26.3 Å². The molecule has 5 amide bonds. The summed E-state index contributed by atoms with van der Waals surface area (Å²) in [5, 5.41) is 10.7. The van der Waals surface area contributed by atoms with Gasteiger partial charge in [-0.3, -0.25) is 24.7 Å². The number of aryl methyl sites for hydroxylation is 1. The molecule has 2 heterocycles. The van der Waals surface area contributed by atoms with E-state index in [-0.39, 0.29) is 12.3 Å². The van der Waals surface area contributed by atoms with Crippen LogP contribution in [0.25, 0.3) is 10.9 Å². The van der Waals surface area contributed by atoms with Crippen molar-refractivity contribution >= 4 is 34.7 Å². The fourth-order valence-electron chi connectivity index (χ4n) is 3.90. The molecule has 35 heavy (non-hydrogen) atoms. The molecule has 1 aliphatic heterocycles. The molecule has 2 atom stereocenters. The Morgan fingerprint density at radius 3 is 2.54 bits per heavy atom. The predicted octanol–water partition coefficient (Wildman–Crippen LogP) is 1.56. The Morgan fingerprint density at radius 2 is 1.86 bits per heavy atom. The summed E-state index contributed by atoms with van der Waals surface area (Å²) >= 11 is 0. The van der Waals surface area contributed by atoms with E-state index in [0.29, 0.717) is 17.9 Å². The van der Waals surface area contributed by atoms with E-state index in [0.717, 1.165) is 22.2 Å². The molecular formula is C25H25N5O5. The third-order valence-electron chi connectivity index (χ3n) is 5.65. The molecular weight excluding hydrogens is 450 g/mol. The Hall–Kier alpha value is -4.47. The van der Waals surface area contributed by atoms with Crippen LogP contribution in [0.15, 0.2) is 54.6 Å². The van der Waals surface area contributed by atoms with Gasteiger partial charge in [0.25, 0.3) is 11.8 Å². The zero-order chi connectivity index (χ0) is 24.9. The summed E-state index contributed by atoms with van der Waals surface area (Å²) in [7, 11) is 1.45. The molecule has 10 nitrogen and oxygen atoms in total. The van der Waals surface area contributed by atoms with Crippen molar-refractivity contribution in [2.75, 3.05) is 7.05 Å². The highest BCUT2D eigenvalue weighted by Gasteiger charge is 2.38. The third kappa shape index (κ3) is 5.55. The van der Waals surface area contributed by atoms with Gasteiger partial charge in [-0.05, 0) is 43.3 Å². The second kappa shape index (κ2) is 10.2. The summed E-state index contributed by atoms with van der Waals surface area (Å²) in [5.41, 5.74) is 3.11. The molecule has 1 fully saturated rings. The maximum Gasteiger partial charge on any atom is 0.322 e. The van der Waals surface area contributed by atoms with Crippen LogP contribution < -0.4 is 26.0 Å². The van der Waals surface area contributed by atoms with Crippen LogP contribution in [0.3, 0.4) is 0 Å². The maximum absolute atomic E-state index is 12.8. The van der Waals surface area contributed by atoms with E-state index in [9.17, 15) is 19.2 Å². The molecule has 0 bridgehead atoms. The number of fused-ring (bicyclic) bond motifs is 1. The van der Waals surface area contributed by atoms with Gasteiger partial charge >= 0.3 is 6.03 Å². The summed E-state index contributed by atoms with van der Waals surface area (Å²) in [6.45, 7) is 2.27. The summed E-state index contributed by atoms with van der Waals surface area (Å²) in [6.07, 6.45) is -0.179. The van der Waals surface area contributed by atoms with Crippen molar-refractivity contribution in [2.45, 2.75) is 32.0 Å². The molecule has 1 aliphatic rings. The van der Waals surface area contributed by atoms with Gasteiger partial charge in [0, 0.05) is 35.7 Å². The Bertz CT molecular complexity index is 1290. The van der Waals surface area contributed by atoms with Gasteiger partial charge in [0.2, 0.25) is 5.91 Å². The number of nitrogens with zero attached hydrogens (tertiary/aromatic N) is 1. The minimum absolute atomic E-state index is 0.179. The van der Waals surface area contributed by atoms with Gasteiger partial charge in [-0.25, -0.2) is 4.79 Å². The molecule has 2 aromatic carbocycles. The lowest BCUT2D eigenvalue weighted by molar-refractivity contribution is -0.122. The average Bonchev–Trinajstić information content (AvgIpc) is 3.19. The fourth-order valence-corrected chi connectivity index (χ4v) is 3.90. The normalized spacial score (nSPS) is 15.8. The van der Waals surface area contributed by atoms with Gasteiger partial charge in [-0.1, -0.05) is 18.2 Å². The van der Waals surface area contributed by atoms with Crippen molar-refractivity contribution in [3.05, 3.63) is 71.4 Å². The lowest BCUT2D eigenvalue weighted by Crippen LogP contribution is -2.52.